The number of fused-ring (bicyclic) bond motifs is 1. The number of rotatable bonds is 8. The van der Waals surface area contributed by atoms with Gasteiger partial charge < -0.3 is 14.6 Å². The Labute approximate surface area is 162 Å². The molecule has 6 nitrogen and oxygen atoms in total. The molecule has 0 aromatic carbocycles. The molecule has 1 saturated heterocycles. The van der Waals surface area contributed by atoms with E-state index in [0.29, 0.717) is 17.9 Å². The second-order valence-corrected chi connectivity index (χ2v) is 7.85. The van der Waals surface area contributed by atoms with Gasteiger partial charge in [-0.05, 0) is 64.1 Å². The lowest BCUT2D eigenvalue weighted by Crippen LogP contribution is -2.32. The minimum Gasteiger partial charge on any atom is -0.376 e. The lowest BCUT2D eigenvalue weighted by atomic mass is 9.95. The highest BCUT2D eigenvalue weighted by molar-refractivity contribution is 5.93. The van der Waals surface area contributed by atoms with E-state index in [-0.39, 0.29) is 12.0 Å². The van der Waals surface area contributed by atoms with Gasteiger partial charge in [-0.2, -0.15) is 5.26 Å². The average Bonchev–Trinajstić information content (AvgIpc) is 3.27. The molecule has 0 bridgehead atoms. The van der Waals surface area contributed by atoms with Gasteiger partial charge in [0, 0.05) is 12.3 Å². The fourth-order valence-electron chi connectivity index (χ4n) is 4.24. The molecule has 1 unspecified atom stereocenters. The second-order valence-electron chi connectivity index (χ2n) is 7.85. The van der Waals surface area contributed by atoms with Crippen molar-refractivity contribution in [3.63, 3.8) is 0 Å². The molecule has 1 aliphatic heterocycles. The SMILES string of the molecule is CCCCN(C)CC(=O)Nc1c(C#N)c2c(n1CC1CCCO1)CCCC2. The monoisotopic (exact) mass is 372 g/mol. The Bertz CT molecular complexity index is 698. The minimum atomic E-state index is -0.0476. The minimum absolute atomic E-state index is 0.0476. The highest BCUT2D eigenvalue weighted by atomic mass is 16.5. The molecule has 2 aliphatic rings. The summed E-state index contributed by atoms with van der Waals surface area (Å²) in [7, 11) is 1.97. The molecular formula is C21H32N4O2. The van der Waals surface area contributed by atoms with Crippen LogP contribution in [0.1, 0.15) is 62.3 Å². The predicted molar refractivity (Wildman–Crippen MR) is 106 cm³/mol. The van der Waals surface area contributed by atoms with Crippen LogP contribution in [-0.2, 0) is 28.9 Å². The Morgan fingerprint density at radius 1 is 1.37 bits per heavy atom. The Kier molecular flexibility index (Phi) is 6.92. The number of anilines is 1. The number of ether oxygens (including phenoxy) is 1. The van der Waals surface area contributed by atoms with Gasteiger partial charge in [0.2, 0.25) is 5.91 Å². The zero-order chi connectivity index (χ0) is 19.2. The molecule has 1 amide bonds. The van der Waals surface area contributed by atoms with Crippen LogP contribution < -0.4 is 5.32 Å². The molecule has 1 aromatic rings. The van der Waals surface area contributed by atoms with Gasteiger partial charge in [0.25, 0.3) is 0 Å². The summed E-state index contributed by atoms with van der Waals surface area (Å²) in [6.45, 7) is 4.94. The van der Waals surface area contributed by atoms with E-state index in [2.05, 4.69) is 22.9 Å². The van der Waals surface area contributed by atoms with Gasteiger partial charge in [-0.25, -0.2) is 0 Å². The summed E-state index contributed by atoms with van der Waals surface area (Å²) in [6, 6.07) is 2.37. The van der Waals surface area contributed by atoms with Crippen LogP contribution >= 0.6 is 0 Å². The van der Waals surface area contributed by atoms with Crippen LogP contribution in [0, 0.1) is 11.3 Å². The van der Waals surface area contributed by atoms with Crippen molar-refractivity contribution >= 4 is 11.7 Å². The third kappa shape index (κ3) is 4.72. The van der Waals surface area contributed by atoms with Crippen LogP contribution in [0.15, 0.2) is 0 Å². The van der Waals surface area contributed by atoms with Crippen LogP contribution in [-0.4, -0.2) is 48.2 Å². The molecule has 1 atom stereocenters. The number of carbonyl (C=O) groups is 1. The maximum atomic E-state index is 12.6. The van der Waals surface area contributed by atoms with Crippen LogP contribution in [0.5, 0.6) is 0 Å². The molecule has 3 rings (SSSR count). The van der Waals surface area contributed by atoms with Crippen molar-refractivity contribution in [3.8, 4) is 6.07 Å². The zero-order valence-corrected chi connectivity index (χ0v) is 16.7. The third-order valence-corrected chi connectivity index (χ3v) is 5.66. The molecule has 6 heteroatoms. The molecular weight excluding hydrogens is 340 g/mol. The van der Waals surface area contributed by atoms with Gasteiger partial charge in [0.1, 0.15) is 11.9 Å². The van der Waals surface area contributed by atoms with Gasteiger partial charge in [0.15, 0.2) is 0 Å². The molecule has 0 radical (unpaired) electrons. The van der Waals surface area contributed by atoms with E-state index in [9.17, 15) is 10.1 Å². The lowest BCUT2D eigenvalue weighted by molar-refractivity contribution is -0.117. The summed E-state index contributed by atoms with van der Waals surface area (Å²) in [5.41, 5.74) is 3.02. The molecule has 2 heterocycles. The quantitative estimate of drug-likeness (QED) is 0.761. The number of hydrogen-bond acceptors (Lipinski definition) is 4. The van der Waals surface area contributed by atoms with Gasteiger partial charge in [0.05, 0.1) is 24.8 Å². The number of aromatic nitrogens is 1. The standard InChI is InChI=1S/C21H32N4O2/c1-3-4-11-24(2)15-20(26)23-21-18(13-22)17-9-5-6-10-19(17)25(21)14-16-8-7-12-27-16/h16H,3-12,14-15H2,1-2H3,(H,23,26). The number of unbranched alkanes of at least 4 members (excludes halogenated alkanes) is 1. The average molecular weight is 373 g/mol. The van der Waals surface area contributed by atoms with Crippen molar-refractivity contribution in [3.05, 3.63) is 16.8 Å². The first kappa shape index (κ1) is 19.9. The fourth-order valence-corrected chi connectivity index (χ4v) is 4.24. The van der Waals surface area contributed by atoms with Gasteiger partial charge in [-0.3, -0.25) is 9.69 Å². The number of carbonyl (C=O) groups excluding carboxylic acids is 1. The smallest absolute Gasteiger partial charge is 0.239 e. The van der Waals surface area contributed by atoms with Crippen molar-refractivity contribution in [2.24, 2.45) is 0 Å². The maximum absolute atomic E-state index is 12.6. The summed E-state index contributed by atoms with van der Waals surface area (Å²) < 4.78 is 8.01. The highest BCUT2D eigenvalue weighted by Gasteiger charge is 2.28. The van der Waals surface area contributed by atoms with Crippen LogP contribution in [0.4, 0.5) is 5.82 Å². The Morgan fingerprint density at radius 3 is 2.89 bits per heavy atom. The maximum Gasteiger partial charge on any atom is 0.239 e. The summed E-state index contributed by atoms with van der Waals surface area (Å²) in [6.07, 6.45) is 8.65. The largest absolute Gasteiger partial charge is 0.376 e. The summed E-state index contributed by atoms with van der Waals surface area (Å²) in [5, 5.41) is 12.9. The van der Waals surface area contributed by atoms with Crippen molar-refractivity contribution in [1.29, 1.82) is 5.26 Å². The topological polar surface area (TPSA) is 70.3 Å². The Morgan fingerprint density at radius 2 is 2.19 bits per heavy atom. The number of amides is 1. The summed E-state index contributed by atoms with van der Waals surface area (Å²) >= 11 is 0. The Balaban J connectivity index is 1.82. The van der Waals surface area contributed by atoms with Crippen molar-refractivity contribution in [1.82, 2.24) is 9.47 Å². The number of likely N-dealkylation sites (N-methyl/N-ethyl adjacent to an activating group) is 1. The van der Waals surface area contributed by atoms with Crippen molar-refractivity contribution in [2.75, 3.05) is 32.1 Å². The molecule has 1 aliphatic carbocycles. The normalized spacial score (nSPS) is 19.1. The second kappa shape index (κ2) is 9.38. The first-order chi connectivity index (χ1) is 13.1. The third-order valence-electron chi connectivity index (χ3n) is 5.66. The van der Waals surface area contributed by atoms with E-state index < -0.39 is 0 Å². The molecule has 0 saturated carbocycles. The van der Waals surface area contributed by atoms with E-state index >= 15 is 0 Å². The number of hydrogen-bond donors (Lipinski definition) is 1. The predicted octanol–water partition coefficient (Wildman–Crippen LogP) is 3.09. The zero-order valence-electron chi connectivity index (χ0n) is 16.7. The molecule has 1 N–H and O–H groups in total. The van der Waals surface area contributed by atoms with Gasteiger partial charge >= 0.3 is 0 Å². The van der Waals surface area contributed by atoms with E-state index in [1.807, 2.05) is 11.9 Å². The van der Waals surface area contributed by atoms with Gasteiger partial charge in [-0.15, -0.1) is 0 Å². The molecule has 27 heavy (non-hydrogen) atoms. The van der Waals surface area contributed by atoms with Crippen molar-refractivity contribution in [2.45, 2.75) is 70.9 Å². The van der Waals surface area contributed by atoms with E-state index in [4.69, 9.17) is 4.74 Å². The number of nitrogens with one attached hydrogen (secondary N) is 1. The number of nitrogens with zero attached hydrogens (tertiary/aromatic N) is 3. The fraction of sp³-hybridized carbons (Fsp3) is 0.714. The van der Waals surface area contributed by atoms with Crippen molar-refractivity contribution < 1.29 is 9.53 Å². The molecule has 1 fully saturated rings. The van der Waals surface area contributed by atoms with Crippen LogP contribution in [0.25, 0.3) is 0 Å². The summed E-state index contributed by atoms with van der Waals surface area (Å²) in [5.74, 6) is 0.641. The first-order valence-electron chi connectivity index (χ1n) is 10.4. The van der Waals surface area contributed by atoms with E-state index in [1.54, 1.807) is 0 Å². The lowest BCUT2D eigenvalue weighted by Gasteiger charge is -2.20. The molecule has 148 valence electrons. The highest BCUT2D eigenvalue weighted by Crippen LogP contribution is 2.34. The van der Waals surface area contributed by atoms with E-state index in [1.165, 1.54) is 5.69 Å². The Hall–Kier alpha value is -1.84. The van der Waals surface area contributed by atoms with E-state index in [0.717, 1.165) is 76.6 Å². The molecule has 0 spiro atoms. The van der Waals surface area contributed by atoms with Crippen LogP contribution in [0.3, 0.4) is 0 Å². The van der Waals surface area contributed by atoms with Gasteiger partial charge in [-0.1, -0.05) is 13.3 Å². The molecule has 1 aromatic heterocycles. The first-order valence-corrected chi connectivity index (χ1v) is 10.4. The summed E-state index contributed by atoms with van der Waals surface area (Å²) in [4.78, 5) is 14.7. The van der Waals surface area contributed by atoms with Crippen LogP contribution in [0.2, 0.25) is 0 Å². The number of nitriles is 1.